The molecule has 0 N–H and O–H groups in total. The molecule has 0 radical (unpaired) electrons. The van der Waals surface area contributed by atoms with Crippen molar-refractivity contribution in [1.29, 1.82) is 0 Å². The number of hydrogen-bond donors (Lipinski definition) is 0. The Kier molecular flexibility index (Phi) is 8.81. The Morgan fingerprint density at radius 2 is 1.07 bits per heavy atom. The lowest BCUT2D eigenvalue weighted by Crippen LogP contribution is -2.61. The van der Waals surface area contributed by atoms with Crippen LogP contribution in [0.2, 0.25) is 0 Å². The Balaban J connectivity index is 1.32. The van der Waals surface area contributed by atoms with Crippen molar-refractivity contribution >= 4 is 57.4 Å². The Morgan fingerprint density at radius 1 is 0.525 bits per heavy atom. The summed E-state index contributed by atoms with van der Waals surface area (Å²) < 4.78 is 7.61. The predicted molar refractivity (Wildman–Crippen MR) is 261 cm³/mol. The first-order valence-electron chi connectivity index (χ1n) is 22.3. The van der Waals surface area contributed by atoms with Crippen molar-refractivity contribution in [3.63, 3.8) is 0 Å². The molecule has 0 bridgehead atoms. The molecule has 0 atom stereocenters. The maximum atomic E-state index is 7.61. The molecule has 61 heavy (non-hydrogen) atoms. The van der Waals surface area contributed by atoms with Crippen LogP contribution in [0.25, 0.3) is 22.3 Å². The maximum absolute atomic E-state index is 7.61. The fraction of sp³-hybridized carbons (Fsp3) is 0.298. The lowest BCUT2D eigenvalue weighted by molar-refractivity contribution is 0.282. The fourth-order valence-electron chi connectivity index (χ4n) is 10.4. The zero-order valence-corrected chi connectivity index (χ0v) is 38.0. The highest BCUT2D eigenvalue weighted by Gasteiger charge is 2.52. The summed E-state index contributed by atoms with van der Waals surface area (Å²) in [5.74, 6) is 1.15. The molecular formula is C57H59BN2O. The summed E-state index contributed by atoms with van der Waals surface area (Å²) in [7, 11) is 0. The van der Waals surface area contributed by atoms with Gasteiger partial charge in [0.05, 0.1) is 11.3 Å². The first-order valence-corrected chi connectivity index (χ1v) is 22.3. The van der Waals surface area contributed by atoms with Crippen LogP contribution < -0.4 is 26.4 Å². The van der Waals surface area contributed by atoms with E-state index in [9.17, 15) is 0 Å². The minimum atomic E-state index is -0.0998. The minimum Gasteiger partial charge on any atom is -0.472 e. The number of hydrogen-bond acceptors (Lipinski definition) is 3. The summed E-state index contributed by atoms with van der Waals surface area (Å²) in [6.07, 6.45) is 2.19. The summed E-state index contributed by atoms with van der Waals surface area (Å²) in [5.41, 5.74) is 20.7. The Morgan fingerprint density at radius 3 is 1.64 bits per heavy atom. The molecule has 0 fully saturated rings. The van der Waals surface area contributed by atoms with E-state index < -0.39 is 0 Å². The molecule has 10 rings (SSSR count). The van der Waals surface area contributed by atoms with Gasteiger partial charge in [0.1, 0.15) is 5.76 Å². The van der Waals surface area contributed by atoms with Crippen molar-refractivity contribution in [3.05, 3.63) is 161 Å². The summed E-state index contributed by atoms with van der Waals surface area (Å²) >= 11 is 0. The number of aryl methyl sites for hydroxylation is 1. The van der Waals surface area contributed by atoms with E-state index in [0.29, 0.717) is 0 Å². The lowest BCUT2D eigenvalue weighted by Gasteiger charge is -2.44. The van der Waals surface area contributed by atoms with Crippen LogP contribution in [0.15, 0.2) is 138 Å². The van der Waals surface area contributed by atoms with Crippen molar-refractivity contribution in [1.82, 2.24) is 0 Å². The Labute approximate surface area is 364 Å². The molecule has 7 aromatic rings. The van der Waals surface area contributed by atoms with Gasteiger partial charge in [-0.2, -0.15) is 0 Å². The topological polar surface area (TPSA) is 19.6 Å². The molecule has 1 aromatic heterocycles. The number of benzene rings is 6. The van der Waals surface area contributed by atoms with E-state index in [1.54, 1.807) is 0 Å². The summed E-state index contributed by atoms with van der Waals surface area (Å²) in [6.45, 7) is 25.7. The molecule has 3 nitrogen and oxygen atoms in total. The lowest BCUT2D eigenvalue weighted by atomic mass is 9.35. The van der Waals surface area contributed by atoms with Crippen molar-refractivity contribution in [3.8, 4) is 22.3 Å². The SMILES string of the molecule is Cc1cc2c3c(c1)N(c1ccc(C(C)(C)C)cc1)c1c(oc4c1C(C)(C)CCC4(C)C)B3c1cc(C(C)(C)C)ccc1N2c1cc(-c2ccccc2)cc(-c2ccccc2)c1. The molecule has 306 valence electrons. The maximum Gasteiger partial charge on any atom is 0.297 e. The second kappa shape index (κ2) is 13.6. The molecule has 2 aliphatic heterocycles. The molecule has 3 heterocycles. The minimum absolute atomic E-state index is 0.0435. The van der Waals surface area contributed by atoms with Crippen LogP contribution in [0, 0.1) is 6.92 Å². The van der Waals surface area contributed by atoms with Crippen LogP contribution in [-0.2, 0) is 21.7 Å². The zero-order valence-electron chi connectivity index (χ0n) is 38.0. The number of furan rings is 1. The van der Waals surface area contributed by atoms with Crippen molar-refractivity contribution in [2.45, 2.75) is 111 Å². The molecule has 4 heteroatoms. The van der Waals surface area contributed by atoms with Gasteiger partial charge in [0.25, 0.3) is 6.71 Å². The third-order valence-corrected chi connectivity index (χ3v) is 13.9. The third kappa shape index (κ3) is 6.39. The fourth-order valence-corrected chi connectivity index (χ4v) is 10.4. The normalized spacial score (nSPS) is 16.1. The van der Waals surface area contributed by atoms with E-state index in [2.05, 4.69) is 219 Å². The van der Waals surface area contributed by atoms with Crippen molar-refractivity contribution < 1.29 is 4.42 Å². The smallest absolute Gasteiger partial charge is 0.297 e. The molecule has 3 aliphatic rings. The molecule has 1 aliphatic carbocycles. The Bertz CT molecular complexity index is 2780. The first kappa shape index (κ1) is 39.4. The summed E-state index contributed by atoms with van der Waals surface area (Å²) in [5, 5.41) is 0. The van der Waals surface area contributed by atoms with Gasteiger partial charge in [-0.25, -0.2) is 0 Å². The number of fused-ring (bicyclic) bond motifs is 6. The highest BCUT2D eigenvalue weighted by Crippen LogP contribution is 2.55. The second-order valence-corrected chi connectivity index (χ2v) is 21.4. The molecule has 0 saturated heterocycles. The second-order valence-electron chi connectivity index (χ2n) is 21.4. The average molecular weight is 799 g/mol. The van der Waals surface area contributed by atoms with Crippen LogP contribution in [-0.4, -0.2) is 6.71 Å². The van der Waals surface area contributed by atoms with E-state index in [4.69, 9.17) is 4.42 Å². The van der Waals surface area contributed by atoms with Gasteiger partial charge in [-0.3, -0.25) is 0 Å². The van der Waals surface area contributed by atoms with Crippen LogP contribution in [0.1, 0.15) is 110 Å². The van der Waals surface area contributed by atoms with Crippen molar-refractivity contribution in [2.75, 3.05) is 9.80 Å². The molecule has 6 aromatic carbocycles. The van der Waals surface area contributed by atoms with Gasteiger partial charge in [-0.15, -0.1) is 0 Å². The quantitative estimate of drug-likeness (QED) is 0.165. The predicted octanol–water partition coefficient (Wildman–Crippen LogP) is 13.9. The van der Waals surface area contributed by atoms with Crippen LogP contribution in [0.4, 0.5) is 34.1 Å². The molecular weight excluding hydrogens is 739 g/mol. The first-order chi connectivity index (χ1) is 28.9. The van der Waals surface area contributed by atoms with E-state index in [0.717, 1.165) is 29.9 Å². The van der Waals surface area contributed by atoms with E-state index >= 15 is 0 Å². The van der Waals surface area contributed by atoms with E-state index in [-0.39, 0.29) is 28.4 Å². The van der Waals surface area contributed by atoms with Gasteiger partial charge < -0.3 is 14.2 Å². The van der Waals surface area contributed by atoms with Gasteiger partial charge in [-0.1, -0.05) is 154 Å². The van der Waals surface area contributed by atoms with Crippen LogP contribution >= 0.6 is 0 Å². The van der Waals surface area contributed by atoms with E-state index in [1.807, 2.05) is 0 Å². The standard InChI is InChI=1S/C57H59BN2O/c1-36-30-47-50-48(31-36)60(43-25-22-41(23-26-43)54(2,3)4)51-49-52(57(10,11)29-28-56(49,8)9)61-53(51)58(50)45-35-42(55(5,6)7)24-27-46(45)59(47)44-33-39(37-18-14-12-15-19-37)32-40(34-44)38-20-16-13-17-21-38/h12-27,30-35H,28-29H2,1-11H3. The third-order valence-electron chi connectivity index (χ3n) is 13.9. The molecule has 0 spiro atoms. The highest BCUT2D eigenvalue weighted by molar-refractivity contribution is 6.99. The Hall–Kier alpha value is -5.74. The van der Waals surface area contributed by atoms with Crippen LogP contribution in [0.3, 0.4) is 0 Å². The van der Waals surface area contributed by atoms with Gasteiger partial charge in [0, 0.05) is 39.4 Å². The summed E-state index contributed by atoms with van der Waals surface area (Å²) in [6, 6.07) is 50.3. The van der Waals surface area contributed by atoms with Gasteiger partial charge in [-0.05, 0) is 134 Å². The van der Waals surface area contributed by atoms with E-state index in [1.165, 1.54) is 83.9 Å². The highest BCUT2D eigenvalue weighted by atomic mass is 16.3. The molecule has 0 amide bonds. The zero-order chi connectivity index (χ0) is 42.8. The number of anilines is 6. The largest absolute Gasteiger partial charge is 0.472 e. The molecule has 0 saturated carbocycles. The van der Waals surface area contributed by atoms with Gasteiger partial charge in [0.15, 0.2) is 0 Å². The summed E-state index contributed by atoms with van der Waals surface area (Å²) in [4.78, 5) is 5.15. The van der Waals surface area contributed by atoms with Gasteiger partial charge >= 0.3 is 0 Å². The van der Waals surface area contributed by atoms with Crippen molar-refractivity contribution in [2.24, 2.45) is 0 Å². The van der Waals surface area contributed by atoms with Gasteiger partial charge in [0.2, 0.25) is 0 Å². The number of rotatable bonds is 4. The van der Waals surface area contributed by atoms with Crippen LogP contribution in [0.5, 0.6) is 0 Å². The monoisotopic (exact) mass is 798 g/mol. The molecule has 0 unspecified atom stereocenters. The average Bonchev–Trinajstić information content (AvgIpc) is 3.65. The number of nitrogens with zero attached hydrogens (tertiary/aromatic N) is 2.